The first-order valence-electron chi connectivity index (χ1n) is 11.1. The van der Waals surface area contributed by atoms with E-state index in [2.05, 4.69) is 24.6 Å². The van der Waals surface area contributed by atoms with Gasteiger partial charge in [-0.1, -0.05) is 30.9 Å². The van der Waals surface area contributed by atoms with Gasteiger partial charge in [-0.3, -0.25) is 0 Å². The Morgan fingerprint density at radius 3 is 3.09 bits per heavy atom. The number of H-pyrrole nitrogens is 1. The summed E-state index contributed by atoms with van der Waals surface area (Å²) in [5, 5.41) is 1.06. The Bertz CT molecular complexity index is 1220. The third-order valence-corrected chi connectivity index (χ3v) is 7.80. The molecule has 0 radical (unpaired) electrons. The topological polar surface area (TPSA) is 80.9 Å². The standard InChI is InChI=1S/C26H25NO5/c1-15-19-12-20-17(6-5-11-25(2)26(20,32-25)23(19)31-24(15)29)14-30-22(28)10-9-16-13-27-21-8-4-3-7-18(16)21/h3-4,6-10,13,19-20,23,27H,1,5,11-12,14H2,2H3/b10-9+/t19-,20?,23-,25+,26-/m0/s1. The second-order valence-corrected chi connectivity index (χ2v) is 9.42. The quantitative estimate of drug-likeness (QED) is 0.341. The van der Waals surface area contributed by atoms with E-state index in [1.807, 2.05) is 30.5 Å². The molecule has 0 bridgehead atoms. The zero-order chi connectivity index (χ0) is 22.1. The number of rotatable bonds is 4. The Morgan fingerprint density at radius 1 is 1.38 bits per heavy atom. The van der Waals surface area contributed by atoms with Crippen LogP contribution < -0.4 is 0 Å². The van der Waals surface area contributed by atoms with Gasteiger partial charge in [-0.25, -0.2) is 9.59 Å². The highest BCUT2D eigenvalue weighted by Crippen LogP contribution is 2.69. The number of carbonyl (C=O) groups is 2. The number of aromatic amines is 1. The molecule has 4 aliphatic rings. The highest BCUT2D eigenvalue weighted by Gasteiger charge is 2.81. The van der Waals surface area contributed by atoms with Gasteiger partial charge in [-0.05, 0) is 43.9 Å². The number of allylic oxidation sites excluding steroid dienone is 1. The predicted molar refractivity (Wildman–Crippen MR) is 118 cm³/mol. The van der Waals surface area contributed by atoms with Gasteiger partial charge in [-0.15, -0.1) is 0 Å². The van der Waals surface area contributed by atoms with E-state index in [1.165, 1.54) is 6.08 Å². The third-order valence-electron chi connectivity index (χ3n) is 7.80. The van der Waals surface area contributed by atoms with Crippen molar-refractivity contribution in [2.45, 2.75) is 43.5 Å². The molecule has 1 spiro atoms. The number of aromatic nitrogens is 1. The predicted octanol–water partition coefficient (Wildman–Crippen LogP) is 4.09. The normalized spacial score (nSPS) is 35.2. The average Bonchev–Trinajstić information content (AvgIpc) is 3.02. The van der Waals surface area contributed by atoms with Crippen molar-refractivity contribution in [3.63, 3.8) is 0 Å². The molecule has 1 aromatic carbocycles. The van der Waals surface area contributed by atoms with Gasteiger partial charge in [-0.2, -0.15) is 0 Å². The van der Waals surface area contributed by atoms with Crippen LogP contribution in [-0.4, -0.2) is 40.8 Å². The fourth-order valence-electron chi connectivity index (χ4n) is 6.13. The molecule has 2 aromatic rings. The molecular formula is C26H25NO5. The Kier molecular flexibility index (Phi) is 4.09. The van der Waals surface area contributed by atoms with Crippen LogP contribution in [0.4, 0.5) is 0 Å². The van der Waals surface area contributed by atoms with Gasteiger partial charge in [0.05, 0.1) is 5.60 Å². The molecule has 1 saturated carbocycles. The molecule has 2 saturated heterocycles. The smallest absolute Gasteiger partial charge is 0.334 e. The number of fused-ring (bicyclic) bond motifs is 2. The molecular weight excluding hydrogens is 406 g/mol. The van der Waals surface area contributed by atoms with Crippen LogP contribution in [0.25, 0.3) is 17.0 Å². The molecule has 5 atom stereocenters. The van der Waals surface area contributed by atoms with E-state index in [0.717, 1.165) is 41.3 Å². The van der Waals surface area contributed by atoms with Gasteiger partial charge in [0.25, 0.3) is 0 Å². The maximum absolute atomic E-state index is 12.5. The lowest BCUT2D eigenvalue weighted by atomic mass is 9.80. The summed E-state index contributed by atoms with van der Waals surface area (Å²) in [6.07, 6.45) is 9.43. The molecule has 3 heterocycles. The summed E-state index contributed by atoms with van der Waals surface area (Å²) in [4.78, 5) is 27.8. The van der Waals surface area contributed by atoms with E-state index in [0.29, 0.717) is 5.57 Å². The summed E-state index contributed by atoms with van der Waals surface area (Å²) in [7, 11) is 0. The second-order valence-electron chi connectivity index (χ2n) is 9.42. The number of ether oxygens (including phenoxy) is 3. The van der Waals surface area contributed by atoms with E-state index < -0.39 is 5.60 Å². The van der Waals surface area contributed by atoms with Crippen molar-refractivity contribution in [1.82, 2.24) is 4.98 Å². The van der Waals surface area contributed by atoms with Crippen molar-refractivity contribution in [1.29, 1.82) is 0 Å². The zero-order valence-corrected chi connectivity index (χ0v) is 17.9. The lowest BCUT2D eigenvalue weighted by molar-refractivity contribution is -0.141. The Balaban J connectivity index is 1.18. The minimum atomic E-state index is -0.526. The summed E-state index contributed by atoms with van der Waals surface area (Å²) >= 11 is 0. The van der Waals surface area contributed by atoms with Crippen LogP contribution in [0.5, 0.6) is 0 Å². The molecule has 32 heavy (non-hydrogen) atoms. The summed E-state index contributed by atoms with van der Waals surface area (Å²) in [5.74, 6) is -0.675. The summed E-state index contributed by atoms with van der Waals surface area (Å²) in [6, 6.07) is 7.94. The first-order chi connectivity index (χ1) is 15.4. The van der Waals surface area contributed by atoms with Crippen LogP contribution in [0, 0.1) is 11.8 Å². The molecule has 3 fully saturated rings. The van der Waals surface area contributed by atoms with Crippen LogP contribution >= 0.6 is 0 Å². The number of nitrogens with one attached hydrogen (secondary N) is 1. The van der Waals surface area contributed by atoms with Crippen molar-refractivity contribution in [3.05, 3.63) is 65.9 Å². The Labute approximate surface area is 185 Å². The lowest BCUT2D eigenvalue weighted by Crippen LogP contribution is -2.39. The minimum Gasteiger partial charge on any atom is -0.458 e. The second kappa shape index (κ2) is 6.69. The van der Waals surface area contributed by atoms with Crippen molar-refractivity contribution >= 4 is 28.9 Å². The molecule has 164 valence electrons. The molecule has 1 unspecified atom stereocenters. The molecule has 1 N–H and O–H groups in total. The molecule has 2 aliphatic carbocycles. The van der Waals surface area contributed by atoms with E-state index in [9.17, 15) is 9.59 Å². The van der Waals surface area contributed by atoms with Gasteiger partial charge in [0.15, 0.2) is 0 Å². The number of esters is 2. The fraction of sp³-hybridized carbons (Fsp3) is 0.385. The number of benzene rings is 1. The SMILES string of the molecule is C=C1C(=O)O[C@H]2[C@H]1CC1C(COC(=O)/C=C/c3c[nH]c4ccccc34)=CCC[C@@]3(C)O[C@@]123. The number of epoxide rings is 1. The average molecular weight is 431 g/mol. The maximum Gasteiger partial charge on any atom is 0.334 e. The molecule has 6 rings (SSSR count). The van der Waals surface area contributed by atoms with Crippen LogP contribution in [-0.2, 0) is 23.8 Å². The molecule has 1 aromatic heterocycles. The van der Waals surface area contributed by atoms with E-state index >= 15 is 0 Å². The minimum absolute atomic E-state index is 0.0340. The molecule has 2 aliphatic heterocycles. The van der Waals surface area contributed by atoms with Gasteiger partial charge < -0.3 is 19.2 Å². The van der Waals surface area contributed by atoms with Crippen LogP contribution in [0.2, 0.25) is 0 Å². The monoisotopic (exact) mass is 431 g/mol. The van der Waals surface area contributed by atoms with Crippen LogP contribution in [0.1, 0.15) is 31.7 Å². The number of carbonyl (C=O) groups excluding carboxylic acids is 2. The van der Waals surface area contributed by atoms with Crippen LogP contribution in [0.15, 0.2) is 60.3 Å². The van der Waals surface area contributed by atoms with Crippen molar-refractivity contribution in [2.75, 3.05) is 6.61 Å². The number of para-hydroxylation sites is 1. The molecule has 0 amide bonds. The van der Waals surface area contributed by atoms with Crippen molar-refractivity contribution in [2.24, 2.45) is 11.8 Å². The van der Waals surface area contributed by atoms with E-state index in [4.69, 9.17) is 14.2 Å². The zero-order valence-electron chi connectivity index (χ0n) is 17.9. The van der Waals surface area contributed by atoms with Gasteiger partial charge in [0, 0.05) is 46.1 Å². The van der Waals surface area contributed by atoms with Crippen molar-refractivity contribution in [3.8, 4) is 0 Å². The molecule has 6 heteroatoms. The van der Waals surface area contributed by atoms with E-state index in [1.54, 1.807) is 6.08 Å². The molecule has 6 nitrogen and oxygen atoms in total. The summed E-state index contributed by atoms with van der Waals surface area (Å²) in [5.41, 5.74) is 2.71. The number of hydrogen-bond acceptors (Lipinski definition) is 5. The highest BCUT2D eigenvalue weighted by molar-refractivity contribution is 5.94. The first kappa shape index (κ1) is 19.6. The maximum atomic E-state index is 12.5. The fourth-order valence-corrected chi connectivity index (χ4v) is 6.13. The lowest BCUT2D eigenvalue weighted by Gasteiger charge is -2.24. The largest absolute Gasteiger partial charge is 0.458 e. The Hall–Kier alpha value is -3.12. The van der Waals surface area contributed by atoms with E-state index in [-0.39, 0.29) is 42.1 Å². The van der Waals surface area contributed by atoms with Gasteiger partial charge >= 0.3 is 11.9 Å². The first-order valence-corrected chi connectivity index (χ1v) is 11.1. The van der Waals surface area contributed by atoms with Gasteiger partial charge in [0.1, 0.15) is 18.3 Å². The highest BCUT2D eigenvalue weighted by atomic mass is 16.7. The van der Waals surface area contributed by atoms with Gasteiger partial charge in [0.2, 0.25) is 0 Å². The van der Waals surface area contributed by atoms with Crippen molar-refractivity contribution < 1.29 is 23.8 Å². The Morgan fingerprint density at radius 2 is 2.22 bits per heavy atom. The summed E-state index contributed by atoms with van der Waals surface area (Å²) < 4.78 is 17.7. The van der Waals surface area contributed by atoms with Crippen LogP contribution in [0.3, 0.4) is 0 Å². The number of hydrogen-bond donors (Lipinski definition) is 1. The third kappa shape index (κ3) is 2.62. The summed E-state index contributed by atoms with van der Waals surface area (Å²) in [6.45, 7) is 6.27.